The van der Waals surface area contributed by atoms with Gasteiger partial charge in [0.15, 0.2) is 0 Å². The van der Waals surface area contributed by atoms with Crippen molar-refractivity contribution in [2.24, 2.45) is 23.7 Å². The van der Waals surface area contributed by atoms with Crippen LogP contribution in [0.4, 0.5) is 0 Å². The fraction of sp³-hybridized carbons (Fsp3) is 0.692. The molecule has 0 amide bonds. The van der Waals surface area contributed by atoms with E-state index in [2.05, 4.69) is 13.0 Å². The zero-order chi connectivity index (χ0) is 20.5. The summed E-state index contributed by atoms with van der Waals surface area (Å²) in [5.74, 6) is 3.17. The molecule has 0 spiro atoms. The molecule has 2 saturated carbocycles. The lowest BCUT2D eigenvalue weighted by Crippen LogP contribution is -2.30. The Morgan fingerprint density at radius 3 is 2.14 bits per heavy atom. The predicted molar refractivity (Wildman–Crippen MR) is 116 cm³/mol. The molecule has 1 aromatic carbocycles. The standard InChI is InChI=1S/C26H37NO2/c1-2-3-4-5-6-20-7-11-22(12-8-20)23-13-15-24(16-14-23)26(28)29-25-17-9-21(19-27)10-18-25/h9-10,17-18,20,22-24H,2-8,11-16H2,1H3. The fourth-order valence-electron chi connectivity index (χ4n) is 5.43. The van der Waals surface area contributed by atoms with Crippen LogP contribution in [0.3, 0.4) is 0 Å². The van der Waals surface area contributed by atoms with E-state index in [9.17, 15) is 4.79 Å². The molecule has 0 unspecified atom stereocenters. The van der Waals surface area contributed by atoms with Gasteiger partial charge in [0.1, 0.15) is 5.75 Å². The van der Waals surface area contributed by atoms with E-state index < -0.39 is 0 Å². The van der Waals surface area contributed by atoms with Gasteiger partial charge in [0.25, 0.3) is 0 Å². The Morgan fingerprint density at radius 2 is 1.55 bits per heavy atom. The second-order valence-corrected chi connectivity index (χ2v) is 9.30. The van der Waals surface area contributed by atoms with Crippen LogP contribution in [0.2, 0.25) is 0 Å². The van der Waals surface area contributed by atoms with Gasteiger partial charge >= 0.3 is 5.97 Å². The molecule has 158 valence electrons. The summed E-state index contributed by atoms with van der Waals surface area (Å²) in [7, 11) is 0. The average Bonchev–Trinajstić information content (AvgIpc) is 2.78. The van der Waals surface area contributed by atoms with Crippen LogP contribution in [0.15, 0.2) is 24.3 Å². The minimum Gasteiger partial charge on any atom is -0.426 e. The molecule has 0 radical (unpaired) electrons. The van der Waals surface area contributed by atoms with Gasteiger partial charge in [0.2, 0.25) is 0 Å². The first-order chi connectivity index (χ1) is 14.2. The SMILES string of the molecule is CCCCCCC1CCC(C2CCC(C(=O)Oc3ccc(C#N)cc3)CC2)CC1. The van der Waals surface area contributed by atoms with Gasteiger partial charge in [-0.1, -0.05) is 51.9 Å². The molecule has 0 aromatic heterocycles. The second-order valence-electron chi connectivity index (χ2n) is 9.30. The summed E-state index contributed by atoms with van der Waals surface area (Å²) in [5, 5.41) is 8.86. The van der Waals surface area contributed by atoms with Crippen LogP contribution in [-0.4, -0.2) is 5.97 Å². The Labute approximate surface area is 176 Å². The minimum absolute atomic E-state index is 0.0387. The van der Waals surface area contributed by atoms with Crippen molar-refractivity contribution in [2.45, 2.75) is 90.4 Å². The molecule has 2 aliphatic rings. The van der Waals surface area contributed by atoms with Gasteiger partial charge in [0.05, 0.1) is 17.6 Å². The van der Waals surface area contributed by atoms with Crippen molar-refractivity contribution >= 4 is 5.97 Å². The lowest BCUT2D eigenvalue weighted by Gasteiger charge is -2.37. The maximum Gasteiger partial charge on any atom is 0.314 e. The summed E-state index contributed by atoms with van der Waals surface area (Å²) < 4.78 is 5.55. The van der Waals surface area contributed by atoms with Crippen molar-refractivity contribution in [1.82, 2.24) is 0 Å². The van der Waals surface area contributed by atoms with E-state index in [1.165, 1.54) is 70.6 Å². The summed E-state index contributed by atoms with van der Waals surface area (Å²) >= 11 is 0. The van der Waals surface area contributed by atoms with E-state index in [1.54, 1.807) is 24.3 Å². The summed E-state index contributed by atoms with van der Waals surface area (Å²) in [6.07, 6.45) is 17.0. The molecule has 3 heteroatoms. The number of benzene rings is 1. The van der Waals surface area contributed by atoms with Crippen LogP contribution in [0.5, 0.6) is 5.75 Å². The molecule has 0 bridgehead atoms. The van der Waals surface area contributed by atoms with E-state index in [1.807, 2.05) is 0 Å². The molecule has 0 aliphatic heterocycles. The number of ether oxygens (including phenoxy) is 1. The lowest BCUT2D eigenvalue weighted by atomic mass is 9.68. The van der Waals surface area contributed by atoms with Gasteiger partial charge in [-0.2, -0.15) is 5.26 Å². The topological polar surface area (TPSA) is 50.1 Å². The molecule has 3 nitrogen and oxygen atoms in total. The smallest absolute Gasteiger partial charge is 0.314 e. The van der Waals surface area contributed by atoms with Gasteiger partial charge in [-0.25, -0.2) is 0 Å². The molecule has 1 aromatic rings. The number of hydrogen-bond acceptors (Lipinski definition) is 3. The van der Waals surface area contributed by atoms with Crippen LogP contribution in [0, 0.1) is 35.0 Å². The van der Waals surface area contributed by atoms with E-state index in [0.717, 1.165) is 30.6 Å². The average molecular weight is 396 g/mol. The number of unbranched alkanes of at least 4 members (excludes halogenated alkanes) is 3. The molecular weight excluding hydrogens is 358 g/mol. The number of rotatable bonds is 8. The predicted octanol–water partition coefficient (Wildman–Crippen LogP) is 7.05. The highest BCUT2D eigenvalue weighted by molar-refractivity contribution is 5.75. The van der Waals surface area contributed by atoms with E-state index in [-0.39, 0.29) is 11.9 Å². The summed E-state index contributed by atoms with van der Waals surface area (Å²) in [5.41, 5.74) is 0.584. The first kappa shape index (κ1) is 21.9. The highest BCUT2D eigenvalue weighted by Crippen LogP contribution is 2.42. The highest BCUT2D eigenvalue weighted by atomic mass is 16.5. The third-order valence-electron chi connectivity index (χ3n) is 7.33. The molecule has 0 N–H and O–H groups in total. The third-order valence-corrected chi connectivity index (χ3v) is 7.33. The third kappa shape index (κ3) is 6.59. The van der Waals surface area contributed by atoms with Crippen molar-refractivity contribution in [3.8, 4) is 11.8 Å². The molecule has 3 rings (SSSR count). The zero-order valence-corrected chi connectivity index (χ0v) is 18.1. The van der Waals surface area contributed by atoms with Crippen LogP contribution < -0.4 is 4.74 Å². The quantitative estimate of drug-likeness (QED) is 0.269. The Kier molecular flexibility index (Phi) is 8.59. The first-order valence-corrected chi connectivity index (χ1v) is 11.9. The summed E-state index contributed by atoms with van der Waals surface area (Å²) in [4.78, 5) is 12.5. The zero-order valence-electron chi connectivity index (χ0n) is 18.1. The number of esters is 1. The van der Waals surface area contributed by atoms with Gasteiger partial charge < -0.3 is 4.74 Å². The molecule has 2 aliphatic carbocycles. The summed E-state index contributed by atoms with van der Waals surface area (Å²) in [6, 6.07) is 8.89. The van der Waals surface area contributed by atoms with Crippen LogP contribution >= 0.6 is 0 Å². The first-order valence-electron chi connectivity index (χ1n) is 11.9. The van der Waals surface area contributed by atoms with Gasteiger partial charge in [-0.3, -0.25) is 4.79 Å². The largest absolute Gasteiger partial charge is 0.426 e. The Morgan fingerprint density at radius 1 is 0.931 bits per heavy atom. The molecule has 0 heterocycles. The van der Waals surface area contributed by atoms with Crippen LogP contribution in [0.25, 0.3) is 0 Å². The molecule has 0 atom stereocenters. The Hall–Kier alpha value is -1.82. The van der Waals surface area contributed by atoms with Crippen molar-refractivity contribution in [3.05, 3.63) is 29.8 Å². The molecule has 29 heavy (non-hydrogen) atoms. The number of carbonyl (C=O) groups is 1. The Balaban J connectivity index is 1.36. The van der Waals surface area contributed by atoms with Gasteiger partial charge in [-0.05, 0) is 80.5 Å². The highest BCUT2D eigenvalue weighted by Gasteiger charge is 2.33. The number of carbonyl (C=O) groups excluding carboxylic acids is 1. The maximum absolute atomic E-state index is 12.5. The number of nitrogens with zero attached hydrogens (tertiary/aromatic N) is 1. The lowest BCUT2D eigenvalue weighted by molar-refractivity contribution is -0.140. The van der Waals surface area contributed by atoms with Crippen LogP contribution in [-0.2, 0) is 4.79 Å². The second kappa shape index (κ2) is 11.4. The molecule has 2 fully saturated rings. The molecule has 0 saturated heterocycles. The van der Waals surface area contributed by atoms with Crippen molar-refractivity contribution < 1.29 is 9.53 Å². The van der Waals surface area contributed by atoms with Gasteiger partial charge in [-0.15, -0.1) is 0 Å². The van der Waals surface area contributed by atoms with E-state index >= 15 is 0 Å². The van der Waals surface area contributed by atoms with E-state index in [0.29, 0.717) is 11.3 Å². The van der Waals surface area contributed by atoms with Crippen molar-refractivity contribution in [3.63, 3.8) is 0 Å². The van der Waals surface area contributed by atoms with Crippen molar-refractivity contribution in [2.75, 3.05) is 0 Å². The van der Waals surface area contributed by atoms with Crippen molar-refractivity contribution in [1.29, 1.82) is 5.26 Å². The minimum atomic E-state index is -0.0936. The Bertz CT molecular complexity index is 659. The normalized spacial score (nSPS) is 27.2. The maximum atomic E-state index is 12.5. The van der Waals surface area contributed by atoms with Crippen LogP contribution in [0.1, 0.15) is 96.0 Å². The number of nitriles is 1. The molecular formula is C26H37NO2. The summed E-state index contributed by atoms with van der Waals surface area (Å²) in [6.45, 7) is 2.28. The monoisotopic (exact) mass is 395 g/mol. The number of hydrogen-bond donors (Lipinski definition) is 0. The fourth-order valence-corrected chi connectivity index (χ4v) is 5.43. The van der Waals surface area contributed by atoms with E-state index in [4.69, 9.17) is 10.00 Å². The van der Waals surface area contributed by atoms with Gasteiger partial charge in [0, 0.05) is 0 Å².